The lowest BCUT2D eigenvalue weighted by atomic mass is 9.88. The predicted molar refractivity (Wildman–Crippen MR) is 109 cm³/mol. The molecule has 0 unspecified atom stereocenters. The van der Waals surface area contributed by atoms with Crippen molar-refractivity contribution in [2.75, 3.05) is 20.3 Å². The highest BCUT2D eigenvalue weighted by atomic mass is 19.4. The lowest BCUT2D eigenvalue weighted by molar-refractivity contribution is -0.138. The molecule has 1 aromatic heterocycles. The Bertz CT molecular complexity index is 938. The minimum Gasteiger partial charge on any atom is -0.493 e. The highest BCUT2D eigenvalue weighted by Gasteiger charge is 2.31. The van der Waals surface area contributed by atoms with Crippen LogP contribution in [0.5, 0.6) is 11.5 Å². The van der Waals surface area contributed by atoms with Crippen LogP contribution >= 0.6 is 0 Å². The number of ether oxygens (including phenoxy) is 2. The van der Waals surface area contributed by atoms with E-state index in [9.17, 15) is 18.0 Å². The molecule has 2 heterocycles. The molecule has 0 N–H and O–H groups in total. The number of amides is 1. The van der Waals surface area contributed by atoms with Crippen molar-refractivity contribution in [1.82, 2.24) is 9.88 Å². The zero-order chi connectivity index (χ0) is 22.0. The number of nitrogens with zero attached hydrogens (tertiary/aromatic N) is 2. The second kappa shape index (κ2) is 8.77. The maximum absolute atomic E-state index is 13.1. The van der Waals surface area contributed by atoms with Crippen LogP contribution in [0.2, 0.25) is 0 Å². The molecule has 31 heavy (non-hydrogen) atoms. The van der Waals surface area contributed by atoms with Gasteiger partial charge in [0.1, 0.15) is 6.61 Å². The molecule has 0 radical (unpaired) electrons. The zero-order valence-electron chi connectivity index (χ0n) is 17.4. The molecule has 1 fully saturated rings. The molecule has 4 rings (SSSR count). The van der Waals surface area contributed by atoms with Gasteiger partial charge in [0.15, 0.2) is 11.5 Å². The third-order valence-corrected chi connectivity index (χ3v) is 5.97. The van der Waals surface area contributed by atoms with Crippen LogP contribution in [-0.2, 0) is 17.5 Å². The second-order valence-electron chi connectivity index (χ2n) is 8.04. The summed E-state index contributed by atoms with van der Waals surface area (Å²) in [6, 6.07) is 5.87. The molecule has 2 aromatic rings. The van der Waals surface area contributed by atoms with E-state index in [0.717, 1.165) is 43.5 Å². The van der Waals surface area contributed by atoms with Gasteiger partial charge in [0.2, 0.25) is 5.91 Å². The Labute approximate surface area is 179 Å². The Hall–Kier alpha value is -2.77. The Morgan fingerprint density at radius 3 is 2.61 bits per heavy atom. The van der Waals surface area contributed by atoms with Crippen molar-refractivity contribution in [2.45, 2.75) is 44.8 Å². The number of carbonyl (C=O) groups excluding carboxylic acids is 1. The van der Waals surface area contributed by atoms with Gasteiger partial charge < -0.3 is 14.4 Å². The summed E-state index contributed by atoms with van der Waals surface area (Å²) in [5.41, 5.74) is 0.965. The second-order valence-corrected chi connectivity index (χ2v) is 8.04. The van der Waals surface area contributed by atoms with Gasteiger partial charge in [-0.3, -0.25) is 9.78 Å². The minimum atomic E-state index is -4.44. The fourth-order valence-electron chi connectivity index (χ4n) is 4.31. The van der Waals surface area contributed by atoms with E-state index in [0.29, 0.717) is 42.5 Å². The summed E-state index contributed by atoms with van der Waals surface area (Å²) in [6.45, 7) is 1.22. The van der Waals surface area contributed by atoms with E-state index in [1.54, 1.807) is 6.07 Å². The number of carbonyl (C=O) groups is 1. The fraction of sp³-hybridized carbons (Fsp3) is 0.478. The Morgan fingerprint density at radius 1 is 1.19 bits per heavy atom. The Morgan fingerprint density at radius 2 is 1.97 bits per heavy atom. The number of methoxy groups -OCH3 is 1. The predicted octanol–water partition coefficient (Wildman–Crippen LogP) is 5.08. The van der Waals surface area contributed by atoms with Crippen molar-refractivity contribution in [3.05, 3.63) is 41.6 Å². The quantitative estimate of drug-likeness (QED) is 0.676. The van der Waals surface area contributed by atoms with E-state index in [1.165, 1.54) is 19.6 Å². The molecule has 1 aromatic carbocycles. The molecular weight excluding hydrogens is 409 g/mol. The third kappa shape index (κ3) is 4.62. The molecule has 166 valence electrons. The highest BCUT2D eigenvalue weighted by molar-refractivity contribution is 5.79. The van der Waals surface area contributed by atoms with Crippen molar-refractivity contribution in [2.24, 2.45) is 5.92 Å². The summed E-state index contributed by atoms with van der Waals surface area (Å²) in [4.78, 5) is 18.9. The van der Waals surface area contributed by atoms with Crippen LogP contribution in [0.4, 0.5) is 13.2 Å². The maximum Gasteiger partial charge on any atom is 0.417 e. The molecule has 1 amide bonds. The average molecular weight is 434 g/mol. The van der Waals surface area contributed by atoms with Crippen LogP contribution in [0.1, 0.15) is 43.2 Å². The van der Waals surface area contributed by atoms with E-state index in [2.05, 4.69) is 4.98 Å². The normalized spacial score (nSPS) is 17.5. The van der Waals surface area contributed by atoms with Crippen molar-refractivity contribution >= 4 is 5.91 Å². The van der Waals surface area contributed by atoms with Crippen LogP contribution in [0.3, 0.4) is 0 Å². The first kappa shape index (κ1) is 21.5. The van der Waals surface area contributed by atoms with Gasteiger partial charge in [-0.25, -0.2) is 0 Å². The number of alkyl halides is 3. The van der Waals surface area contributed by atoms with Crippen LogP contribution < -0.4 is 9.47 Å². The van der Waals surface area contributed by atoms with Crippen LogP contribution in [0, 0.1) is 5.92 Å². The summed E-state index contributed by atoms with van der Waals surface area (Å²) in [6.07, 6.45) is 1.55. The van der Waals surface area contributed by atoms with Crippen molar-refractivity contribution in [3.8, 4) is 22.8 Å². The maximum atomic E-state index is 13.1. The molecule has 1 aliphatic heterocycles. The third-order valence-electron chi connectivity index (χ3n) is 5.97. The van der Waals surface area contributed by atoms with E-state index >= 15 is 0 Å². The standard InChI is InChI=1S/C23H25F3N2O3/c1-30-20-12-16(19-8-7-18(13-27-19)23(24,25)26)11-17-14-28(9-10-31-21(17)20)22(29)15-5-3-2-4-6-15/h7-8,11-13,15H,2-6,9-10,14H2,1H3. The van der Waals surface area contributed by atoms with Gasteiger partial charge in [-0.2, -0.15) is 13.2 Å². The lowest BCUT2D eigenvalue weighted by Crippen LogP contribution is -2.37. The van der Waals surface area contributed by atoms with Crippen LogP contribution in [0.15, 0.2) is 30.5 Å². The zero-order valence-corrected chi connectivity index (χ0v) is 17.4. The van der Waals surface area contributed by atoms with E-state index < -0.39 is 11.7 Å². The Balaban J connectivity index is 1.64. The molecule has 0 atom stereocenters. The summed E-state index contributed by atoms with van der Waals surface area (Å²) in [5.74, 6) is 1.24. The van der Waals surface area contributed by atoms with Gasteiger partial charge in [-0.15, -0.1) is 0 Å². The first-order valence-electron chi connectivity index (χ1n) is 10.5. The van der Waals surface area contributed by atoms with E-state index in [1.807, 2.05) is 11.0 Å². The summed E-state index contributed by atoms with van der Waals surface area (Å²) < 4.78 is 50.0. The number of aromatic nitrogens is 1. The van der Waals surface area contributed by atoms with Gasteiger partial charge in [0.25, 0.3) is 0 Å². The van der Waals surface area contributed by atoms with Gasteiger partial charge in [0, 0.05) is 29.8 Å². The van der Waals surface area contributed by atoms with Gasteiger partial charge in [-0.1, -0.05) is 19.3 Å². The highest BCUT2D eigenvalue weighted by Crippen LogP contribution is 2.39. The molecular formula is C23H25F3N2O3. The molecule has 0 spiro atoms. The molecule has 1 aliphatic carbocycles. The molecule has 2 aliphatic rings. The van der Waals surface area contributed by atoms with E-state index in [-0.39, 0.29) is 11.8 Å². The van der Waals surface area contributed by atoms with Gasteiger partial charge in [0.05, 0.1) is 24.9 Å². The summed E-state index contributed by atoms with van der Waals surface area (Å²) >= 11 is 0. The fourth-order valence-corrected chi connectivity index (χ4v) is 4.31. The van der Waals surface area contributed by atoms with Crippen molar-refractivity contribution < 1.29 is 27.4 Å². The van der Waals surface area contributed by atoms with Gasteiger partial charge in [-0.05, 0) is 37.1 Å². The first-order chi connectivity index (χ1) is 14.9. The number of hydrogen-bond acceptors (Lipinski definition) is 4. The number of hydrogen-bond donors (Lipinski definition) is 0. The molecule has 8 heteroatoms. The minimum absolute atomic E-state index is 0.0527. The smallest absolute Gasteiger partial charge is 0.417 e. The topological polar surface area (TPSA) is 51.7 Å². The number of fused-ring (bicyclic) bond motifs is 1. The summed E-state index contributed by atoms with van der Waals surface area (Å²) in [7, 11) is 1.51. The number of benzene rings is 1. The summed E-state index contributed by atoms with van der Waals surface area (Å²) in [5, 5.41) is 0. The monoisotopic (exact) mass is 434 g/mol. The molecule has 0 saturated heterocycles. The number of halogens is 3. The molecule has 0 bridgehead atoms. The van der Waals surface area contributed by atoms with E-state index in [4.69, 9.17) is 9.47 Å². The lowest BCUT2D eigenvalue weighted by Gasteiger charge is -2.28. The first-order valence-corrected chi connectivity index (χ1v) is 10.5. The average Bonchev–Trinajstić information content (AvgIpc) is 3.00. The largest absolute Gasteiger partial charge is 0.493 e. The molecule has 5 nitrogen and oxygen atoms in total. The van der Waals surface area contributed by atoms with Crippen LogP contribution in [0.25, 0.3) is 11.3 Å². The Kier molecular flexibility index (Phi) is 6.07. The number of rotatable bonds is 3. The number of pyridine rings is 1. The van der Waals surface area contributed by atoms with Gasteiger partial charge >= 0.3 is 6.18 Å². The van der Waals surface area contributed by atoms with Crippen molar-refractivity contribution in [3.63, 3.8) is 0 Å². The SMILES string of the molecule is COc1cc(-c2ccc(C(F)(F)F)cn2)cc2c1OCCN(C(=O)C1CCCCC1)C2. The van der Waals surface area contributed by atoms with Crippen molar-refractivity contribution in [1.29, 1.82) is 0 Å². The molecule has 1 saturated carbocycles. The van der Waals surface area contributed by atoms with Crippen LogP contribution in [-0.4, -0.2) is 36.1 Å².